The van der Waals surface area contributed by atoms with Gasteiger partial charge < -0.3 is 63.8 Å². The summed E-state index contributed by atoms with van der Waals surface area (Å²) in [5.41, 5.74) is 6.86. The van der Waals surface area contributed by atoms with Gasteiger partial charge in [-0.25, -0.2) is 47.1 Å². The fourth-order valence-corrected chi connectivity index (χ4v) is 11.0. The van der Waals surface area contributed by atoms with Crippen LogP contribution in [0.25, 0.3) is 45.0 Å². The van der Waals surface area contributed by atoms with E-state index in [2.05, 4.69) is 56.5 Å². The minimum absolute atomic E-state index is 0.00797. The molecule has 47 heteroatoms. The molecule has 8 aromatic carbocycles. The SMILES string of the molecule is CC(C)c1nc(-c2ccc(C(F)(F)F)cc2)co1.C[C@@H](Oc1ccc(F)c(C(N)=O)c1F)c1nc(-c2ccc(C(F)(F)F)cc2)c(Br)o1.C[C@@H](Oc1ccc(F)c(C(N)=O)c1F)c1nc(-c2ccc(C(F)(F)F)cc2)co1.C[C@H](O)C(=O)O.C[C@H](O)C(=O)OCC(=O)c1ccc(C(F)(F)F)cc1.C[C@H](O)c1nc(-c2ccc(C(F)(F)F)cc2)co1.O=C(CBr)c1ccc(C(F)(F)F)cc1. The Hall–Kier alpha value is -13.3. The van der Waals surface area contributed by atoms with Gasteiger partial charge in [0, 0.05) is 39.3 Å². The van der Waals surface area contributed by atoms with Crippen molar-refractivity contribution in [1.82, 2.24) is 19.9 Å². The Balaban J connectivity index is 0.000000249. The number of esters is 1. The number of aliphatic carboxylic acids is 1. The minimum Gasteiger partial charge on any atom is -0.479 e. The second kappa shape index (κ2) is 46.9. The van der Waals surface area contributed by atoms with Crippen LogP contribution < -0.4 is 20.9 Å². The molecule has 4 aromatic heterocycles. The van der Waals surface area contributed by atoms with Gasteiger partial charge in [0.1, 0.15) is 82.6 Å². The first-order chi connectivity index (χ1) is 62.1. The lowest BCUT2D eigenvalue weighted by molar-refractivity contribution is -0.151. The maximum Gasteiger partial charge on any atom is 0.416 e. The predicted octanol–water partition coefficient (Wildman–Crippen LogP) is 23.0. The van der Waals surface area contributed by atoms with Crippen LogP contribution in [0.5, 0.6) is 11.5 Å². The molecule has 0 bridgehead atoms. The molecule has 23 nitrogen and oxygen atoms in total. The van der Waals surface area contributed by atoms with Crippen molar-refractivity contribution in [3.8, 4) is 56.5 Å². The van der Waals surface area contributed by atoms with Gasteiger partial charge in [-0.05, 0) is 148 Å². The Morgan fingerprint density at radius 3 is 0.970 bits per heavy atom. The highest BCUT2D eigenvalue weighted by Gasteiger charge is 2.36. The summed E-state index contributed by atoms with van der Waals surface area (Å²) in [7, 11) is 0. The summed E-state index contributed by atoms with van der Waals surface area (Å²) in [6.45, 7) is 9.99. The van der Waals surface area contributed by atoms with E-state index in [1.807, 2.05) is 13.8 Å². The molecule has 0 unspecified atom stereocenters. The molecule has 0 fully saturated rings. The zero-order chi connectivity index (χ0) is 101. The number of halogens is 24. The number of nitrogens with zero attached hydrogens (tertiary/aromatic N) is 4. The number of Topliss-reactive ketones (excluding diaryl/α,β-unsaturated/α-hetero) is 2. The molecule has 8 N–H and O–H groups in total. The normalized spacial score (nSPS) is 12.6. The summed E-state index contributed by atoms with van der Waals surface area (Å²) in [5.74, 6) is -10.5. The van der Waals surface area contributed by atoms with E-state index in [1.165, 1.54) is 114 Å². The lowest BCUT2D eigenvalue weighted by atomic mass is 10.1. The summed E-state index contributed by atoms with van der Waals surface area (Å²) in [5, 5.41) is 33.9. The van der Waals surface area contributed by atoms with Crippen LogP contribution in [0.2, 0.25) is 0 Å². The molecular weight excluding hydrogens is 1980 g/mol. The number of alkyl halides is 19. The summed E-state index contributed by atoms with van der Waals surface area (Å²) in [6.07, 6.45) is -27.9. The molecular formula is C87H70Br2F22N6O17. The Morgan fingerprint density at radius 2 is 0.687 bits per heavy atom. The largest absolute Gasteiger partial charge is 0.479 e. The van der Waals surface area contributed by atoms with Gasteiger partial charge in [0.15, 0.2) is 64.1 Å². The van der Waals surface area contributed by atoms with Crippen LogP contribution in [0.4, 0.5) is 96.6 Å². The lowest BCUT2D eigenvalue weighted by Gasteiger charge is -2.13. The minimum atomic E-state index is -4.48. The number of aromatic nitrogens is 4. The summed E-state index contributed by atoms with van der Waals surface area (Å²) >= 11 is 6.07. The highest BCUT2D eigenvalue weighted by atomic mass is 79.9. The van der Waals surface area contributed by atoms with E-state index in [1.54, 1.807) is 0 Å². The van der Waals surface area contributed by atoms with E-state index in [4.69, 9.17) is 53.9 Å². The van der Waals surface area contributed by atoms with Crippen LogP contribution in [-0.2, 0) is 51.4 Å². The molecule has 0 aliphatic rings. The average Bonchev–Trinajstić information content (AvgIpc) is 1.41. The van der Waals surface area contributed by atoms with Crippen molar-refractivity contribution in [3.05, 3.63) is 296 Å². The van der Waals surface area contributed by atoms with Crippen LogP contribution in [0.1, 0.15) is 171 Å². The molecule has 0 aliphatic heterocycles. The summed E-state index contributed by atoms with van der Waals surface area (Å²) in [4.78, 5) is 81.8. The first kappa shape index (κ1) is 109. The number of ether oxygens (including phenoxy) is 3. The van der Waals surface area contributed by atoms with Crippen molar-refractivity contribution in [2.45, 2.75) is 122 Å². The van der Waals surface area contributed by atoms with Gasteiger partial charge in [-0.15, -0.1) is 0 Å². The number of carboxylic acids is 1. The maximum absolute atomic E-state index is 14.3. The molecule has 5 atom stereocenters. The standard InChI is InChI=1S/C19H12BrF5N2O3.C19H13F5N2O3.C13H12F3NO.C12H10F3NO2.C12H11F3O4.C9H6BrF3O.C3H6O3/c1-8(29-12-7-6-11(21)13(14(12)22)17(26)28)18-27-15(16(20)30-18)9-2-4-10(5-3-9)19(23,24)25;1-9(29-14-7-6-12(20)15(16(14)21)17(25)27)18-26-13(8-28-18)10-2-4-11(5-3-10)19(22,23)24;1-8(2)12-17-11(7-18-12)9-3-5-10(6-4-9)13(14,15)16;1-7(17)11-16-10(6-18-11)8-2-4-9(5-3-8)12(13,14)15;1-7(16)11(18)19-6-10(17)8-2-4-9(5-3-8)12(13,14)15;10-5-8(14)6-1-3-7(4-2-6)9(11,12)13;1-2(4)3(5)6/h2-8H,1H3,(H2,26,28);2-9H,1H3,(H2,25,27);3-8H,1-2H3;2-7,17H,1H3;2-5,7,16H,6H2,1H3;1-4H,5H2;2,4H,1H3,(H,5,6)/t8-;9-;;2*7-;;2-/m11.00.0/s1. The lowest BCUT2D eigenvalue weighted by Crippen LogP contribution is -2.22. The highest BCUT2D eigenvalue weighted by molar-refractivity contribution is 9.10. The zero-order valence-electron chi connectivity index (χ0n) is 69.4. The number of amides is 2. The number of oxazole rings is 4. The second-order valence-electron chi connectivity index (χ2n) is 27.7. The van der Waals surface area contributed by atoms with Crippen LogP contribution in [0.3, 0.4) is 0 Å². The molecule has 718 valence electrons. The number of carbonyl (C=O) groups excluding carboxylic acids is 5. The number of carboxylic acid groups (broad SMARTS) is 1. The Labute approximate surface area is 759 Å². The van der Waals surface area contributed by atoms with Crippen molar-refractivity contribution in [1.29, 1.82) is 0 Å². The molecule has 4 heterocycles. The molecule has 0 saturated heterocycles. The third kappa shape index (κ3) is 32.0. The Kier molecular flexibility index (Phi) is 38.3. The summed E-state index contributed by atoms with van der Waals surface area (Å²) < 4.78 is 315. The molecule has 0 aliphatic carbocycles. The number of rotatable bonds is 21. The van der Waals surface area contributed by atoms with Gasteiger partial charge in [0.25, 0.3) is 11.8 Å². The third-order valence-corrected chi connectivity index (χ3v) is 18.2. The van der Waals surface area contributed by atoms with Gasteiger partial charge in [-0.3, -0.25) is 19.2 Å². The number of primary amides is 2. The quantitative estimate of drug-likeness (QED) is 0.0168. The number of carbonyl (C=O) groups is 6. The van der Waals surface area contributed by atoms with Gasteiger partial charge >= 0.3 is 49.0 Å². The first-order valence-electron chi connectivity index (χ1n) is 37.6. The highest BCUT2D eigenvalue weighted by Crippen LogP contribution is 2.40. The van der Waals surface area contributed by atoms with Gasteiger partial charge in [0.2, 0.25) is 17.7 Å². The smallest absolute Gasteiger partial charge is 0.416 e. The maximum atomic E-state index is 14.3. The zero-order valence-corrected chi connectivity index (χ0v) is 72.6. The average molecular weight is 2050 g/mol. The number of benzene rings is 8. The number of nitrogens with two attached hydrogens (primary N) is 2. The van der Waals surface area contributed by atoms with E-state index in [-0.39, 0.29) is 61.9 Å². The number of aliphatic hydroxyl groups is 3. The Morgan fingerprint density at radius 1 is 0.396 bits per heavy atom. The monoisotopic (exact) mass is 2050 g/mol. The Bertz CT molecular complexity index is 5840. The van der Waals surface area contributed by atoms with E-state index in [0.717, 1.165) is 109 Å². The van der Waals surface area contributed by atoms with Crippen LogP contribution in [0, 0.1) is 23.3 Å². The van der Waals surface area contributed by atoms with Crippen molar-refractivity contribution in [3.63, 3.8) is 0 Å². The molecule has 12 rings (SSSR count). The fourth-order valence-electron chi connectivity index (χ4n) is 10.2. The molecule has 0 saturated carbocycles. The fraction of sp³-hybridized carbons (Fsp3) is 0.241. The van der Waals surface area contributed by atoms with Crippen molar-refractivity contribution in [2.24, 2.45) is 11.5 Å². The van der Waals surface area contributed by atoms with E-state index < -0.39 is 183 Å². The predicted molar refractivity (Wildman–Crippen MR) is 435 cm³/mol. The summed E-state index contributed by atoms with van der Waals surface area (Å²) in [6, 6.07) is 29.2. The van der Waals surface area contributed by atoms with Crippen molar-refractivity contribution in [2.75, 3.05) is 11.9 Å². The van der Waals surface area contributed by atoms with Gasteiger partial charge in [0.05, 0.1) is 38.7 Å². The van der Waals surface area contributed by atoms with Crippen LogP contribution in [-0.4, -0.2) is 99.8 Å². The van der Waals surface area contributed by atoms with Crippen LogP contribution >= 0.6 is 31.9 Å². The van der Waals surface area contributed by atoms with E-state index in [9.17, 15) is 130 Å². The van der Waals surface area contributed by atoms with Crippen molar-refractivity contribution >= 4 is 67.2 Å². The van der Waals surface area contributed by atoms with Gasteiger partial charge in [-0.2, -0.15) is 79.0 Å². The number of ketones is 2. The van der Waals surface area contributed by atoms with Gasteiger partial charge in [-0.1, -0.05) is 103 Å². The van der Waals surface area contributed by atoms with E-state index in [0.29, 0.717) is 39.5 Å². The van der Waals surface area contributed by atoms with Crippen molar-refractivity contribution < 1.29 is 178 Å². The second-order valence-corrected chi connectivity index (χ2v) is 28.9. The molecule has 12 aromatic rings. The first-order valence-corrected chi connectivity index (χ1v) is 39.6. The third-order valence-electron chi connectivity index (χ3n) is 17.2. The molecule has 0 radical (unpaired) electrons. The number of hydrogen-bond acceptors (Lipinski definition) is 20. The number of hydrogen-bond donors (Lipinski definition) is 6. The molecule has 2 amide bonds. The van der Waals surface area contributed by atoms with E-state index >= 15 is 0 Å². The van der Waals surface area contributed by atoms with Crippen LogP contribution in [0.15, 0.2) is 211 Å². The topological polar surface area (TPSA) is 367 Å². The molecule has 0 spiro atoms. The number of aliphatic hydroxyl groups excluding tert-OH is 3. The molecule has 134 heavy (non-hydrogen) atoms.